The van der Waals surface area contributed by atoms with Crippen LogP contribution in [0.2, 0.25) is 0 Å². The largest absolute Gasteiger partial charge is 0.493 e. The Labute approximate surface area is 121 Å². The van der Waals surface area contributed by atoms with E-state index in [0.29, 0.717) is 23.9 Å². The lowest BCUT2D eigenvalue weighted by Gasteiger charge is -2.05. The average molecular weight is 286 g/mol. The number of benzene rings is 1. The molecule has 6 nitrogen and oxygen atoms in total. The predicted molar refractivity (Wildman–Crippen MR) is 75.7 cm³/mol. The fourth-order valence-corrected chi connectivity index (χ4v) is 1.91. The van der Waals surface area contributed by atoms with Gasteiger partial charge in [0.05, 0.1) is 19.0 Å². The molecule has 21 heavy (non-hydrogen) atoms. The molecule has 0 bridgehead atoms. The van der Waals surface area contributed by atoms with Crippen molar-refractivity contribution in [1.82, 2.24) is 4.98 Å². The van der Waals surface area contributed by atoms with E-state index in [0.717, 1.165) is 11.3 Å². The van der Waals surface area contributed by atoms with Crippen molar-refractivity contribution in [2.24, 2.45) is 5.16 Å². The van der Waals surface area contributed by atoms with E-state index in [2.05, 4.69) is 10.1 Å². The summed E-state index contributed by atoms with van der Waals surface area (Å²) in [6, 6.07) is 9.25. The summed E-state index contributed by atoms with van der Waals surface area (Å²) >= 11 is 0. The molecule has 1 aliphatic rings. The van der Waals surface area contributed by atoms with Crippen LogP contribution >= 0.6 is 0 Å². The van der Waals surface area contributed by atoms with Crippen LogP contribution < -0.4 is 14.2 Å². The molecule has 0 unspecified atom stereocenters. The number of rotatable bonds is 5. The van der Waals surface area contributed by atoms with Crippen LogP contribution in [0.15, 0.2) is 41.7 Å². The molecule has 0 fully saturated rings. The Bertz CT molecular complexity index is 644. The van der Waals surface area contributed by atoms with Gasteiger partial charge in [-0.15, -0.1) is 0 Å². The Hall–Kier alpha value is -2.76. The molecule has 0 aliphatic carbocycles. The minimum atomic E-state index is 0.197. The van der Waals surface area contributed by atoms with Crippen molar-refractivity contribution in [2.75, 3.05) is 13.9 Å². The Morgan fingerprint density at radius 3 is 3.10 bits per heavy atom. The number of ether oxygens (including phenoxy) is 3. The third-order valence-corrected chi connectivity index (χ3v) is 2.90. The van der Waals surface area contributed by atoms with Gasteiger partial charge in [-0.2, -0.15) is 0 Å². The van der Waals surface area contributed by atoms with Crippen LogP contribution in [0.25, 0.3) is 0 Å². The molecule has 1 aliphatic heterocycles. The van der Waals surface area contributed by atoms with E-state index in [9.17, 15) is 0 Å². The second-order valence-electron chi connectivity index (χ2n) is 4.29. The number of hydrogen-bond donors (Lipinski definition) is 0. The van der Waals surface area contributed by atoms with Crippen LogP contribution in [-0.4, -0.2) is 25.1 Å². The Morgan fingerprint density at radius 1 is 1.33 bits per heavy atom. The summed E-state index contributed by atoms with van der Waals surface area (Å²) in [5.41, 5.74) is 1.62. The summed E-state index contributed by atoms with van der Waals surface area (Å²) in [6.45, 7) is 0.515. The molecule has 0 saturated carbocycles. The fraction of sp³-hybridized carbons (Fsp3) is 0.200. The van der Waals surface area contributed by atoms with Gasteiger partial charge in [0.15, 0.2) is 18.1 Å². The number of hydrogen-bond acceptors (Lipinski definition) is 6. The van der Waals surface area contributed by atoms with Crippen molar-refractivity contribution in [3.63, 3.8) is 0 Å². The van der Waals surface area contributed by atoms with Crippen LogP contribution in [0.1, 0.15) is 11.3 Å². The average Bonchev–Trinajstić information content (AvgIpc) is 3.00. The fourth-order valence-electron chi connectivity index (χ4n) is 1.91. The first-order chi connectivity index (χ1) is 10.4. The van der Waals surface area contributed by atoms with Crippen molar-refractivity contribution in [1.29, 1.82) is 0 Å². The van der Waals surface area contributed by atoms with Crippen molar-refractivity contribution in [2.45, 2.75) is 6.61 Å². The molecular formula is C15H14N2O4. The third-order valence-electron chi connectivity index (χ3n) is 2.90. The maximum atomic E-state index is 5.34. The summed E-state index contributed by atoms with van der Waals surface area (Å²) < 4.78 is 15.9. The van der Waals surface area contributed by atoms with Gasteiger partial charge < -0.3 is 19.0 Å². The van der Waals surface area contributed by atoms with Gasteiger partial charge in [0, 0.05) is 11.8 Å². The van der Waals surface area contributed by atoms with Gasteiger partial charge in [0.2, 0.25) is 12.5 Å². The molecule has 0 N–H and O–H groups in total. The van der Waals surface area contributed by atoms with Gasteiger partial charge in [-0.1, -0.05) is 11.2 Å². The van der Waals surface area contributed by atoms with E-state index >= 15 is 0 Å². The van der Waals surface area contributed by atoms with Crippen molar-refractivity contribution >= 4 is 6.21 Å². The smallest absolute Gasteiger partial charge is 0.231 e. The quantitative estimate of drug-likeness (QED) is 0.623. The highest BCUT2D eigenvalue weighted by Gasteiger charge is 2.19. The van der Waals surface area contributed by atoms with E-state index < -0.39 is 0 Å². The monoisotopic (exact) mass is 286 g/mol. The van der Waals surface area contributed by atoms with Gasteiger partial charge in [0.1, 0.15) is 0 Å². The van der Waals surface area contributed by atoms with Gasteiger partial charge in [-0.05, 0) is 24.3 Å². The zero-order valence-electron chi connectivity index (χ0n) is 11.5. The first-order valence-corrected chi connectivity index (χ1v) is 6.39. The minimum Gasteiger partial charge on any atom is -0.493 e. The topological polar surface area (TPSA) is 62.2 Å². The maximum absolute atomic E-state index is 5.34. The van der Waals surface area contributed by atoms with E-state index in [1.807, 2.05) is 24.3 Å². The number of pyridine rings is 1. The summed E-state index contributed by atoms with van der Waals surface area (Å²) in [6.07, 6.45) is 3.30. The van der Waals surface area contributed by atoms with Crippen molar-refractivity contribution < 1.29 is 19.0 Å². The molecule has 0 amide bonds. The summed E-state index contributed by atoms with van der Waals surface area (Å²) in [7, 11) is 1.58. The van der Waals surface area contributed by atoms with E-state index in [4.69, 9.17) is 19.0 Å². The van der Waals surface area contributed by atoms with Gasteiger partial charge >= 0.3 is 0 Å². The van der Waals surface area contributed by atoms with Crippen LogP contribution in [0, 0.1) is 0 Å². The molecule has 2 heterocycles. The SMILES string of the molecule is COc1cc(/C=N/OCc2ccccn2)cc2c1OCO2. The van der Waals surface area contributed by atoms with Crippen LogP contribution in [0.4, 0.5) is 0 Å². The number of oxime groups is 1. The zero-order chi connectivity index (χ0) is 14.5. The summed E-state index contributed by atoms with van der Waals surface area (Å²) in [5.74, 6) is 1.86. The molecule has 0 radical (unpaired) electrons. The molecule has 1 aromatic carbocycles. The summed E-state index contributed by atoms with van der Waals surface area (Å²) in [4.78, 5) is 9.35. The highest BCUT2D eigenvalue weighted by Crippen LogP contribution is 2.41. The number of nitrogens with zero attached hydrogens (tertiary/aromatic N) is 2. The van der Waals surface area contributed by atoms with Crippen LogP contribution in [0.5, 0.6) is 17.2 Å². The Morgan fingerprint density at radius 2 is 2.29 bits per heavy atom. The highest BCUT2D eigenvalue weighted by molar-refractivity contribution is 5.82. The molecule has 108 valence electrons. The Balaban J connectivity index is 1.66. The molecule has 1 aromatic heterocycles. The lowest BCUT2D eigenvalue weighted by molar-refractivity contribution is 0.129. The Kier molecular flexibility index (Phi) is 3.86. The van der Waals surface area contributed by atoms with Gasteiger partial charge in [-0.25, -0.2) is 0 Å². The van der Waals surface area contributed by atoms with Crippen molar-refractivity contribution in [3.8, 4) is 17.2 Å². The third kappa shape index (κ3) is 3.05. The summed E-state index contributed by atoms with van der Waals surface area (Å²) in [5, 5.41) is 3.92. The number of fused-ring (bicyclic) bond motifs is 1. The lowest BCUT2D eigenvalue weighted by Crippen LogP contribution is -1.93. The first-order valence-electron chi connectivity index (χ1n) is 6.39. The maximum Gasteiger partial charge on any atom is 0.231 e. The first kappa shape index (κ1) is 13.2. The lowest BCUT2D eigenvalue weighted by atomic mass is 10.2. The number of aromatic nitrogens is 1. The van der Waals surface area contributed by atoms with Crippen LogP contribution in [0.3, 0.4) is 0 Å². The minimum absolute atomic E-state index is 0.197. The predicted octanol–water partition coefficient (Wildman–Crippen LogP) is 2.37. The molecule has 0 atom stereocenters. The second kappa shape index (κ2) is 6.13. The van der Waals surface area contributed by atoms with E-state index in [1.54, 1.807) is 25.6 Å². The molecule has 3 rings (SSSR count). The van der Waals surface area contributed by atoms with E-state index in [1.165, 1.54) is 0 Å². The molecule has 0 spiro atoms. The van der Waals surface area contributed by atoms with E-state index in [-0.39, 0.29) is 6.79 Å². The van der Waals surface area contributed by atoms with Gasteiger partial charge in [0.25, 0.3) is 0 Å². The highest BCUT2D eigenvalue weighted by atomic mass is 16.7. The molecule has 2 aromatic rings. The molecular weight excluding hydrogens is 272 g/mol. The standard InChI is InChI=1S/C15H14N2O4/c1-18-13-6-11(7-14-15(13)20-10-19-14)8-17-21-9-12-4-2-3-5-16-12/h2-8H,9-10H2,1H3/b17-8+. The zero-order valence-corrected chi connectivity index (χ0v) is 11.5. The normalized spacial score (nSPS) is 12.6. The number of methoxy groups -OCH3 is 1. The molecule has 0 saturated heterocycles. The second-order valence-corrected chi connectivity index (χ2v) is 4.29. The van der Waals surface area contributed by atoms with Gasteiger partial charge in [-0.3, -0.25) is 4.98 Å². The van der Waals surface area contributed by atoms with Crippen molar-refractivity contribution in [3.05, 3.63) is 47.8 Å². The van der Waals surface area contributed by atoms with Crippen LogP contribution in [-0.2, 0) is 11.4 Å². The molecule has 6 heteroatoms.